The number of hydrogen-bond donors (Lipinski definition) is 1. The van der Waals surface area contributed by atoms with Crippen molar-refractivity contribution in [3.8, 4) is 0 Å². The molecule has 0 heterocycles. The van der Waals surface area contributed by atoms with Gasteiger partial charge in [0, 0.05) is 18.9 Å². The monoisotopic (exact) mass is 273 g/mol. The summed E-state index contributed by atoms with van der Waals surface area (Å²) >= 11 is 5.86. The fourth-order valence-corrected chi connectivity index (χ4v) is 3.20. The van der Waals surface area contributed by atoms with Gasteiger partial charge in [0.15, 0.2) is 0 Å². The molecule has 1 N–H and O–H groups in total. The Balaban J connectivity index is 1.89. The summed E-state index contributed by atoms with van der Waals surface area (Å²) in [5.41, 5.74) is 0. The van der Waals surface area contributed by atoms with Gasteiger partial charge in [-0.05, 0) is 37.5 Å². The Hall–Kier alpha value is -0.280. The van der Waals surface area contributed by atoms with Gasteiger partial charge in [-0.15, -0.1) is 11.6 Å². The van der Waals surface area contributed by atoms with E-state index in [1.807, 2.05) is 0 Å². The molecule has 1 amide bonds. The van der Waals surface area contributed by atoms with Crippen molar-refractivity contribution in [1.82, 2.24) is 5.32 Å². The molecule has 2 rings (SSSR count). The second-order valence-electron chi connectivity index (χ2n) is 5.72. The van der Waals surface area contributed by atoms with Gasteiger partial charge in [-0.3, -0.25) is 4.79 Å². The van der Waals surface area contributed by atoms with Crippen LogP contribution >= 0.6 is 11.6 Å². The molecule has 3 nitrogen and oxygen atoms in total. The van der Waals surface area contributed by atoms with E-state index in [1.165, 1.54) is 38.5 Å². The van der Waals surface area contributed by atoms with Gasteiger partial charge >= 0.3 is 0 Å². The van der Waals surface area contributed by atoms with Crippen LogP contribution in [-0.2, 0) is 9.53 Å². The number of methoxy groups -OCH3 is 1. The van der Waals surface area contributed by atoms with Crippen molar-refractivity contribution in [3.63, 3.8) is 0 Å². The van der Waals surface area contributed by atoms with Crippen molar-refractivity contribution in [2.75, 3.05) is 19.6 Å². The Morgan fingerprint density at radius 2 is 1.83 bits per heavy atom. The minimum absolute atomic E-state index is 0.0492. The van der Waals surface area contributed by atoms with E-state index < -0.39 is 0 Å². The van der Waals surface area contributed by atoms with E-state index in [-0.39, 0.29) is 17.9 Å². The molecule has 0 aromatic carbocycles. The highest BCUT2D eigenvalue weighted by atomic mass is 35.5. The van der Waals surface area contributed by atoms with Crippen LogP contribution in [-0.4, -0.2) is 31.5 Å². The van der Waals surface area contributed by atoms with Crippen LogP contribution in [0.2, 0.25) is 0 Å². The van der Waals surface area contributed by atoms with Gasteiger partial charge in [0.25, 0.3) is 0 Å². The fraction of sp³-hybridized carbons (Fsp3) is 0.929. The second-order valence-corrected chi connectivity index (χ2v) is 6.03. The van der Waals surface area contributed by atoms with Gasteiger partial charge in [0.1, 0.15) is 0 Å². The molecule has 4 heteroatoms. The summed E-state index contributed by atoms with van der Waals surface area (Å²) in [6.07, 6.45) is 7.49. The molecular formula is C14H24ClNO2. The molecule has 0 aromatic heterocycles. The van der Waals surface area contributed by atoms with E-state index in [0.29, 0.717) is 24.3 Å². The van der Waals surface area contributed by atoms with E-state index in [1.54, 1.807) is 7.11 Å². The SMILES string of the molecule is COCC(CCl)NC(=O)C(C1CCC1)C1CCC1. The van der Waals surface area contributed by atoms with Crippen molar-refractivity contribution in [1.29, 1.82) is 0 Å². The van der Waals surface area contributed by atoms with E-state index in [0.717, 1.165) is 0 Å². The number of nitrogens with one attached hydrogen (secondary N) is 1. The molecule has 1 atom stereocenters. The molecule has 0 aromatic rings. The smallest absolute Gasteiger partial charge is 0.224 e. The van der Waals surface area contributed by atoms with Crippen LogP contribution in [0.1, 0.15) is 38.5 Å². The standard InChI is InChI=1S/C14H24ClNO2/c1-18-9-12(8-15)16-14(17)13(10-4-2-5-10)11-6-3-7-11/h10-13H,2-9H2,1H3,(H,16,17). The number of halogens is 1. The summed E-state index contributed by atoms with van der Waals surface area (Å²) in [6, 6.07) is -0.0492. The molecule has 1 unspecified atom stereocenters. The summed E-state index contributed by atoms with van der Waals surface area (Å²) in [5, 5.41) is 3.07. The summed E-state index contributed by atoms with van der Waals surface area (Å²) in [5.74, 6) is 2.10. The highest BCUT2D eigenvalue weighted by Crippen LogP contribution is 2.44. The Labute approximate surface area is 115 Å². The van der Waals surface area contributed by atoms with Crippen LogP contribution in [0.5, 0.6) is 0 Å². The topological polar surface area (TPSA) is 38.3 Å². The Morgan fingerprint density at radius 1 is 1.28 bits per heavy atom. The van der Waals surface area contributed by atoms with Gasteiger partial charge in [0.2, 0.25) is 5.91 Å². The molecule has 104 valence electrons. The van der Waals surface area contributed by atoms with Crippen LogP contribution < -0.4 is 5.32 Å². The molecule has 0 saturated heterocycles. The summed E-state index contributed by atoms with van der Waals surface area (Å²) in [6.45, 7) is 0.497. The van der Waals surface area contributed by atoms with Crippen molar-refractivity contribution in [3.05, 3.63) is 0 Å². The summed E-state index contributed by atoms with van der Waals surface area (Å²) in [4.78, 5) is 12.4. The third-order valence-electron chi connectivity index (χ3n) is 4.52. The van der Waals surface area contributed by atoms with Gasteiger partial charge in [0.05, 0.1) is 12.6 Å². The number of carbonyl (C=O) groups is 1. The van der Waals surface area contributed by atoms with Crippen molar-refractivity contribution >= 4 is 17.5 Å². The van der Waals surface area contributed by atoms with E-state index in [4.69, 9.17) is 16.3 Å². The largest absolute Gasteiger partial charge is 0.383 e. The molecule has 0 bridgehead atoms. The molecule has 0 spiro atoms. The predicted molar refractivity (Wildman–Crippen MR) is 72.7 cm³/mol. The van der Waals surface area contributed by atoms with Gasteiger partial charge in [-0.25, -0.2) is 0 Å². The van der Waals surface area contributed by atoms with E-state index in [9.17, 15) is 4.79 Å². The third-order valence-corrected chi connectivity index (χ3v) is 4.89. The summed E-state index contributed by atoms with van der Waals surface area (Å²) < 4.78 is 5.08. The molecule has 2 aliphatic carbocycles. The average Bonchev–Trinajstić information content (AvgIpc) is 2.22. The first-order valence-electron chi connectivity index (χ1n) is 7.11. The maximum Gasteiger partial charge on any atom is 0.224 e. The van der Waals surface area contributed by atoms with Crippen LogP contribution in [0, 0.1) is 17.8 Å². The highest BCUT2D eigenvalue weighted by Gasteiger charge is 2.40. The lowest BCUT2D eigenvalue weighted by Gasteiger charge is -2.42. The number of amides is 1. The first kappa shape index (κ1) is 14.1. The zero-order chi connectivity index (χ0) is 13.0. The van der Waals surface area contributed by atoms with Gasteiger partial charge < -0.3 is 10.1 Å². The number of alkyl halides is 1. The first-order valence-corrected chi connectivity index (χ1v) is 7.65. The van der Waals surface area contributed by atoms with Crippen LogP contribution in [0.4, 0.5) is 0 Å². The Bertz CT molecular complexity index is 263. The second kappa shape index (κ2) is 6.76. The Kier molecular flexibility index (Phi) is 5.31. The molecular weight excluding hydrogens is 250 g/mol. The van der Waals surface area contributed by atoms with E-state index in [2.05, 4.69) is 5.32 Å². The average molecular weight is 274 g/mol. The normalized spacial score (nSPS) is 22.4. The van der Waals surface area contributed by atoms with Crippen molar-refractivity contribution in [2.45, 2.75) is 44.6 Å². The zero-order valence-electron chi connectivity index (χ0n) is 11.2. The number of carbonyl (C=O) groups excluding carboxylic acids is 1. The minimum Gasteiger partial charge on any atom is -0.383 e. The number of hydrogen-bond acceptors (Lipinski definition) is 2. The molecule has 2 saturated carbocycles. The molecule has 2 aliphatic rings. The highest BCUT2D eigenvalue weighted by molar-refractivity contribution is 6.18. The molecule has 18 heavy (non-hydrogen) atoms. The van der Waals surface area contributed by atoms with Gasteiger partial charge in [-0.1, -0.05) is 12.8 Å². The first-order chi connectivity index (χ1) is 8.76. The predicted octanol–water partition coefficient (Wildman–Crippen LogP) is 2.57. The van der Waals surface area contributed by atoms with Crippen molar-refractivity contribution < 1.29 is 9.53 Å². The lowest BCUT2D eigenvalue weighted by atomic mass is 9.64. The van der Waals surface area contributed by atoms with Crippen LogP contribution in [0.25, 0.3) is 0 Å². The third kappa shape index (κ3) is 3.18. The minimum atomic E-state index is -0.0492. The van der Waals surface area contributed by atoms with Crippen LogP contribution in [0.3, 0.4) is 0 Å². The zero-order valence-corrected chi connectivity index (χ0v) is 11.9. The maximum atomic E-state index is 12.4. The molecule has 0 radical (unpaired) electrons. The number of ether oxygens (including phenoxy) is 1. The lowest BCUT2D eigenvalue weighted by Crippen LogP contribution is -2.48. The quantitative estimate of drug-likeness (QED) is 0.724. The van der Waals surface area contributed by atoms with Gasteiger partial charge in [-0.2, -0.15) is 0 Å². The van der Waals surface area contributed by atoms with E-state index >= 15 is 0 Å². The Morgan fingerprint density at radius 3 is 2.17 bits per heavy atom. The van der Waals surface area contributed by atoms with Crippen molar-refractivity contribution in [2.24, 2.45) is 17.8 Å². The number of rotatable bonds is 7. The lowest BCUT2D eigenvalue weighted by molar-refractivity contribution is -0.132. The fourth-order valence-electron chi connectivity index (χ4n) is 3.03. The van der Waals surface area contributed by atoms with Crippen LogP contribution in [0.15, 0.2) is 0 Å². The summed E-state index contributed by atoms with van der Waals surface area (Å²) in [7, 11) is 1.64. The molecule has 0 aliphatic heterocycles. The molecule has 2 fully saturated rings. The maximum absolute atomic E-state index is 12.4.